The molecule has 0 aliphatic rings. The van der Waals surface area contributed by atoms with Gasteiger partial charge in [0.05, 0.1) is 29.5 Å². The van der Waals surface area contributed by atoms with Gasteiger partial charge in [-0.25, -0.2) is 0 Å². The smallest absolute Gasteiger partial charge is 0.545 e. The number of fused-ring (bicyclic) bond motifs is 1. The number of hydrogen-bond acceptors (Lipinski definition) is 6. The fourth-order valence-corrected chi connectivity index (χ4v) is 5.04. The van der Waals surface area contributed by atoms with Crippen molar-refractivity contribution in [3.8, 4) is 17.2 Å². The molecule has 0 spiro atoms. The van der Waals surface area contributed by atoms with Gasteiger partial charge in [-0.2, -0.15) is 5.26 Å². The number of carboxylic acids is 1. The molecule has 7 heteroatoms. The Morgan fingerprint density at radius 3 is 2.38 bits per heavy atom. The van der Waals surface area contributed by atoms with Crippen LogP contribution >= 0.6 is 11.8 Å². The Kier molecular flexibility index (Phi) is 8.65. The third kappa shape index (κ3) is 5.87. The van der Waals surface area contributed by atoms with E-state index in [1.54, 1.807) is 42.4 Å². The summed E-state index contributed by atoms with van der Waals surface area (Å²) in [6.45, 7) is 0. The van der Waals surface area contributed by atoms with Gasteiger partial charge < -0.3 is 15.2 Å². The van der Waals surface area contributed by atoms with Crippen molar-refractivity contribution in [2.24, 2.45) is 0 Å². The van der Waals surface area contributed by atoms with Crippen molar-refractivity contribution < 1.29 is 39.5 Å². The summed E-state index contributed by atoms with van der Waals surface area (Å²) in [6, 6.07) is 30.6. The maximum absolute atomic E-state index is 11.4. The molecule has 0 fully saturated rings. The number of pyridine rings is 1. The minimum absolute atomic E-state index is 0. The second-order valence-corrected chi connectivity index (χ2v) is 9.15. The Labute approximate surface area is 241 Å². The van der Waals surface area contributed by atoms with E-state index in [0.717, 1.165) is 43.9 Å². The molecule has 1 N–H and O–H groups in total. The molecule has 0 saturated heterocycles. The average Bonchev–Trinajstić information content (AvgIpc) is 2.93. The second kappa shape index (κ2) is 12.1. The average molecular weight is 510 g/mol. The number of aromatic carboxylic acids is 1. The van der Waals surface area contributed by atoms with Gasteiger partial charge in [-0.05, 0) is 34.9 Å². The summed E-state index contributed by atoms with van der Waals surface area (Å²) in [7, 11) is 0. The van der Waals surface area contributed by atoms with E-state index in [4.69, 9.17) is 0 Å². The zero-order chi connectivity index (χ0) is 24.9. The van der Waals surface area contributed by atoms with Crippen LogP contribution in [0, 0.1) is 11.3 Å². The van der Waals surface area contributed by atoms with E-state index in [9.17, 15) is 15.2 Å². The van der Waals surface area contributed by atoms with Crippen molar-refractivity contribution in [1.29, 1.82) is 5.26 Å². The Hall–Kier alpha value is -3.60. The van der Waals surface area contributed by atoms with E-state index in [0.29, 0.717) is 11.1 Å². The summed E-state index contributed by atoms with van der Waals surface area (Å²) in [5, 5.41) is 26.3. The molecule has 0 amide bonds. The number of thioether (sulfide) groups is 1. The van der Waals surface area contributed by atoms with E-state index >= 15 is 0 Å². The van der Waals surface area contributed by atoms with Gasteiger partial charge >= 0.3 is 29.6 Å². The van der Waals surface area contributed by atoms with Crippen LogP contribution in [0.4, 0.5) is 11.4 Å². The molecular weight excluding hydrogens is 489 g/mol. The summed E-state index contributed by atoms with van der Waals surface area (Å²) in [5.41, 5.74) is 5.22. The molecule has 0 bridgehead atoms. The molecule has 0 saturated carbocycles. The Balaban J connectivity index is 0.00000320. The fraction of sp³-hybridized carbons (Fsp3) is 0.0333. The van der Waals surface area contributed by atoms with Crippen LogP contribution in [0.5, 0.6) is 0 Å². The summed E-state index contributed by atoms with van der Waals surface area (Å²) >= 11 is 1.68. The predicted octanol–water partition coefficient (Wildman–Crippen LogP) is 3.18. The first-order valence-corrected chi connectivity index (χ1v) is 12.3. The number of hydrogen-bond donors (Lipinski definition) is 1. The molecule has 0 radical (unpaired) electrons. The van der Waals surface area contributed by atoms with Crippen LogP contribution in [-0.4, -0.2) is 11.0 Å². The van der Waals surface area contributed by atoms with Crippen molar-refractivity contribution >= 4 is 39.9 Å². The molecule has 5 rings (SSSR count). The number of anilines is 2. The Morgan fingerprint density at radius 2 is 1.62 bits per heavy atom. The molecule has 5 nitrogen and oxygen atoms in total. The van der Waals surface area contributed by atoms with Crippen LogP contribution < -0.4 is 40.0 Å². The Bertz CT molecular complexity index is 1610. The number of nitrogens with zero attached hydrogens (tertiary/aromatic N) is 2. The monoisotopic (exact) mass is 509 g/mol. The number of benzene rings is 4. The molecule has 0 aliphatic heterocycles. The normalized spacial score (nSPS) is 10.4. The quantitative estimate of drug-likeness (QED) is 0.268. The Morgan fingerprint density at radius 1 is 0.892 bits per heavy atom. The van der Waals surface area contributed by atoms with Gasteiger partial charge in [-0.15, -0.1) is 11.8 Å². The molecule has 1 aromatic heterocycles. The van der Waals surface area contributed by atoms with Crippen LogP contribution in [0.2, 0.25) is 0 Å². The van der Waals surface area contributed by atoms with Crippen molar-refractivity contribution in [2.45, 2.75) is 10.6 Å². The maximum Gasteiger partial charge on any atom is 1.00 e. The summed E-state index contributed by atoms with van der Waals surface area (Å²) in [6.07, 6.45) is 3.57. The first kappa shape index (κ1) is 26.5. The van der Waals surface area contributed by atoms with E-state index in [2.05, 4.69) is 16.4 Å². The number of nitrogens with one attached hydrogen (secondary N) is 1. The van der Waals surface area contributed by atoms with Gasteiger partial charge in [0.1, 0.15) is 0 Å². The van der Waals surface area contributed by atoms with Crippen LogP contribution in [0.25, 0.3) is 21.9 Å². The standard InChI is InChI=1S/C30H21N3O2S.Na/c31-17-22-13-14-27(25-7-3-1-6-24(22)25)33-28-18-32-16-15-29(28)36-19-20-9-11-21(12-10-20)23-5-2-4-8-26(23)30(34)35;/h1-16,18,33H,19H2,(H,34,35);/q;+1/p-1. The second-order valence-electron chi connectivity index (χ2n) is 8.13. The largest absolute Gasteiger partial charge is 1.00 e. The minimum atomic E-state index is -1.18. The van der Waals surface area contributed by atoms with Crippen LogP contribution in [0.3, 0.4) is 0 Å². The van der Waals surface area contributed by atoms with E-state index in [-0.39, 0.29) is 35.1 Å². The number of carbonyl (C=O) groups is 1. The summed E-state index contributed by atoms with van der Waals surface area (Å²) in [5.74, 6) is -0.451. The zero-order valence-electron chi connectivity index (χ0n) is 20.1. The number of carboxylic acid groups (broad SMARTS) is 1. The number of rotatable bonds is 7. The first-order valence-electron chi connectivity index (χ1n) is 11.3. The fourth-order valence-electron chi connectivity index (χ4n) is 4.11. The van der Waals surface area contributed by atoms with Crippen molar-refractivity contribution in [2.75, 3.05) is 5.32 Å². The van der Waals surface area contributed by atoms with Gasteiger partial charge in [0.15, 0.2) is 0 Å². The molecule has 174 valence electrons. The first-order chi connectivity index (χ1) is 17.6. The summed E-state index contributed by atoms with van der Waals surface area (Å²) < 4.78 is 0. The van der Waals surface area contributed by atoms with E-state index in [1.165, 1.54) is 0 Å². The van der Waals surface area contributed by atoms with Gasteiger partial charge in [0, 0.05) is 38.9 Å². The molecule has 5 aromatic rings. The van der Waals surface area contributed by atoms with E-state index < -0.39 is 5.97 Å². The topological polar surface area (TPSA) is 88.8 Å². The van der Waals surface area contributed by atoms with Crippen molar-refractivity contribution in [3.63, 3.8) is 0 Å². The molecule has 1 heterocycles. The van der Waals surface area contributed by atoms with Crippen LogP contribution in [0.15, 0.2) is 108 Å². The van der Waals surface area contributed by atoms with Crippen LogP contribution in [0.1, 0.15) is 21.5 Å². The van der Waals surface area contributed by atoms with Gasteiger partial charge in [-0.1, -0.05) is 72.8 Å². The van der Waals surface area contributed by atoms with Gasteiger partial charge in [0.2, 0.25) is 0 Å². The third-order valence-corrected chi connectivity index (χ3v) is 7.05. The molecule has 4 aromatic carbocycles. The van der Waals surface area contributed by atoms with E-state index in [1.807, 2.05) is 72.8 Å². The SMILES string of the molecule is N#Cc1ccc(Nc2cnccc2SCc2ccc(-c3ccccc3C(=O)[O-])cc2)c2ccccc12.[Na+]. The number of aromatic nitrogens is 1. The van der Waals surface area contributed by atoms with Crippen molar-refractivity contribution in [1.82, 2.24) is 4.98 Å². The molecule has 0 aliphatic carbocycles. The summed E-state index contributed by atoms with van der Waals surface area (Å²) in [4.78, 5) is 16.8. The maximum atomic E-state index is 11.4. The number of carbonyl (C=O) groups excluding carboxylic acids is 1. The predicted molar refractivity (Wildman–Crippen MR) is 142 cm³/mol. The van der Waals surface area contributed by atoms with Gasteiger partial charge in [0.25, 0.3) is 0 Å². The van der Waals surface area contributed by atoms with Crippen LogP contribution in [-0.2, 0) is 5.75 Å². The van der Waals surface area contributed by atoms with Crippen molar-refractivity contribution in [3.05, 3.63) is 120 Å². The minimum Gasteiger partial charge on any atom is -0.545 e. The number of nitriles is 1. The molecule has 37 heavy (non-hydrogen) atoms. The third-order valence-electron chi connectivity index (χ3n) is 5.90. The molecular formula is C30H20N3NaO2S. The molecule has 0 atom stereocenters. The van der Waals surface area contributed by atoms with Gasteiger partial charge in [-0.3, -0.25) is 4.98 Å². The molecule has 0 unspecified atom stereocenters. The zero-order valence-corrected chi connectivity index (χ0v) is 23.0.